The minimum absolute atomic E-state index is 0.926. The van der Waals surface area contributed by atoms with E-state index in [1.54, 1.807) is 0 Å². The fraction of sp³-hybridized carbons (Fsp3) is 0.250. The van der Waals surface area contributed by atoms with Crippen LogP contribution in [0.3, 0.4) is 0 Å². The van der Waals surface area contributed by atoms with Gasteiger partial charge in [0.05, 0.1) is 0 Å². The maximum absolute atomic E-state index is 3.16. The second kappa shape index (κ2) is 5.65. The zero-order valence-corrected chi connectivity index (χ0v) is 10.5. The Labute approximate surface area is 103 Å². The van der Waals surface area contributed by atoms with E-state index in [2.05, 4.69) is 60.8 Å². The van der Waals surface area contributed by atoms with E-state index in [9.17, 15) is 0 Å². The molecule has 2 aromatic carbocycles. The molecule has 2 rings (SSSR count). The van der Waals surface area contributed by atoms with Crippen LogP contribution in [0.5, 0.6) is 0 Å². The summed E-state index contributed by atoms with van der Waals surface area (Å²) in [6, 6.07) is 17.5. The van der Waals surface area contributed by atoms with E-state index in [1.165, 1.54) is 22.3 Å². The van der Waals surface area contributed by atoms with Gasteiger partial charge in [-0.05, 0) is 35.7 Å². The molecule has 0 radical (unpaired) electrons. The minimum atomic E-state index is 0.926. The minimum Gasteiger partial charge on any atom is -0.316 e. The fourth-order valence-corrected chi connectivity index (χ4v) is 1.95. The van der Waals surface area contributed by atoms with Crippen LogP contribution in [0.4, 0.5) is 0 Å². The lowest BCUT2D eigenvalue weighted by molar-refractivity contribution is 0.818. The molecule has 0 aliphatic rings. The Morgan fingerprint density at radius 2 is 1.24 bits per heavy atom. The molecule has 0 heterocycles. The predicted molar refractivity (Wildman–Crippen MR) is 74.0 cm³/mol. The van der Waals surface area contributed by atoms with E-state index in [0.717, 1.165) is 13.0 Å². The molecule has 2 aromatic rings. The molecule has 0 saturated carbocycles. The van der Waals surface area contributed by atoms with E-state index in [-0.39, 0.29) is 0 Å². The van der Waals surface area contributed by atoms with Crippen molar-refractivity contribution >= 4 is 0 Å². The standard InChI is InChI=1S/C16H19N/c1-3-13-4-8-15(9-5-13)16-10-6-14(7-11-16)12-17-2/h4-11,17H,3,12H2,1-2H3. The lowest BCUT2D eigenvalue weighted by Gasteiger charge is -2.05. The van der Waals surface area contributed by atoms with Crippen LogP contribution >= 0.6 is 0 Å². The van der Waals surface area contributed by atoms with Gasteiger partial charge >= 0.3 is 0 Å². The summed E-state index contributed by atoms with van der Waals surface area (Å²) in [4.78, 5) is 0. The summed E-state index contributed by atoms with van der Waals surface area (Å²) in [6.45, 7) is 3.11. The summed E-state index contributed by atoms with van der Waals surface area (Å²) in [6.07, 6.45) is 1.10. The Morgan fingerprint density at radius 3 is 1.65 bits per heavy atom. The van der Waals surface area contributed by atoms with Crippen molar-refractivity contribution in [1.82, 2.24) is 5.32 Å². The van der Waals surface area contributed by atoms with Gasteiger partial charge in [0.2, 0.25) is 0 Å². The zero-order valence-electron chi connectivity index (χ0n) is 10.5. The number of hydrogen-bond acceptors (Lipinski definition) is 1. The van der Waals surface area contributed by atoms with Gasteiger partial charge in [0.1, 0.15) is 0 Å². The molecule has 0 saturated heterocycles. The van der Waals surface area contributed by atoms with Crippen LogP contribution in [-0.4, -0.2) is 7.05 Å². The Kier molecular flexibility index (Phi) is 3.94. The van der Waals surface area contributed by atoms with E-state index in [0.29, 0.717) is 0 Å². The largest absolute Gasteiger partial charge is 0.316 e. The van der Waals surface area contributed by atoms with Gasteiger partial charge in [-0.1, -0.05) is 55.5 Å². The summed E-state index contributed by atoms with van der Waals surface area (Å²) < 4.78 is 0. The summed E-state index contributed by atoms with van der Waals surface area (Å²) in [5, 5.41) is 3.16. The van der Waals surface area contributed by atoms with Crippen LogP contribution in [0.2, 0.25) is 0 Å². The molecule has 0 atom stereocenters. The SMILES string of the molecule is CCc1ccc(-c2ccc(CNC)cc2)cc1. The molecule has 0 fully saturated rings. The number of hydrogen-bond donors (Lipinski definition) is 1. The fourth-order valence-electron chi connectivity index (χ4n) is 1.95. The van der Waals surface area contributed by atoms with Crippen LogP contribution in [0.25, 0.3) is 11.1 Å². The topological polar surface area (TPSA) is 12.0 Å². The maximum Gasteiger partial charge on any atom is 0.0202 e. The summed E-state index contributed by atoms with van der Waals surface area (Å²) in [7, 11) is 1.97. The third kappa shape index (κ3) is 2.95. The number of rotatable bonds is 4. The lowest BCUT2D eigenvalue weighted by atomic mass is 10.0. The number of aryl methyl sites for hydroxylation is 1. The summed E-state index contributed by atoms with van der Waals surface area (Å²) in [5.74, 6) is 0. The van der Waals surface area contributed by atoms with Gasteiger partial charge in [0.15, 0.2) is 0 Å². The van der Waals surface area contributed by atoms with E-state index >= 15 is 0 Å². The highest BCUT2D eigenvalue weighted by Crippen LogP contribution is 2.20. The van der Waals surface area contributed by atoms with Gasteiger partial charge < -0.3 is 5.32 Å². The molecular weight excluding hydrogens is 206 g/mol. The van der Waals surface area contributed by atoms with Crippen molar-refractivity contribution in [3.05, 3.63) is 59.7 Å². The van der Waals surface area contributed by atoms with Gasteiger partial charge in [0, 0.05) is 6.54 Å². The van der Waals surface area contributed by atoms with Crippen LogP contribution < -0.4 is 5.32 Å². The van der Waals surface area contributed by atoms with Gasteiger partial charge in [0.25, 0.3) is 0 Å². The van der Waals surface area contributed by atoms with Crippen molar-refractivity contribution in [3.8, 4) is 11.1 Å². The first-order valence-corrected chi connectivity index (χ1v) is 6.16. The highest BCUT2D eigenvalue weighted by atomic mass is 14.8. The van der Waals surface area contributed by atoms with E-state index in [4.69, 9.17) is 0 Å². The second-order valence-electron chi connectivity index (χ2n) is 4.28. The Bertz CT molecular complexity index is 454. The predicted octanol–water partition coefficient (Wildman–Crippen LogP) is 3.64. The monoisotopic (exact) mass is 225 g/mol. The maximum atomic E-state index is 3.16. The van der Waals surface area contributed by atoms with Crippen LogP contribution in [0.15, 0.2) is 48.5 Å². The molecule has 1 nitrogen and oxygen atoms in total. The molecule has 0 spiro atoms. The van der Waals surface area contributed by atoms with Crippen molar-refractivity contribution in [2.45, 2.75) is 19.9 Å². The average Bonchev–Trinajstić information content (AvgIpc) is 2.40. The van der Waals surface area contributed by atoms with Crippen LogP contribution in [-0.2, 0) is 13.0 Å². The van der Waals surface area contributed by atoms with Crippen molar-refractivity contribution in [2.75, 3.05) is 7.05 Å². The molecule has 0 aliphatic carbocycles. The van der Waals surface area contributed by atoms with Crippen LogP contribution in [0, 0.1) is 0 Å². The quantitative estimate of drug-likeness (QED) is 0.837. The highest BCUT2D eigenvalue weighted by Gasteiger charge is 1.98. The van der Waals surface area contributed by atoms with Crippen molar-refractivity contribution < 1.29 is 0 Å². The average molecular weight is 225 g/mol. The molecule has 0 bridgehead atoms. The summed E-state index contributed by atoms with van der Waals surface area (Å²) in [5.41, 5.74) is 5.28. The van der Waals surface area contributed by atoms with Crippen molar-refractivity contribution in [2.24, 2.45) is 0 Å². The Morgan fingerprint density at radius 1 is 0.765 bits per heavy atom. The van der Waals surface area contributed by atoms with Crippen molar-refractivity contribution in [1.29, 1.82) is 0 Å². The number of nitrogens with one attached hydrogen (secondary N) is 1. The third-order valence-electron chi connectivity index (χ3n) is 3.03. The van der Waals surface area contributed by atoms with Gasteiger partial charge in [-0.3, -0.25) is 0 Å². The lowest BCUT2D eigenvalue weighted by Crippen LogP contribution is -2.04. The van der Waals surface area contributed by atoms with E-state index in [1.807, 2.05) is 7.05 Å². The van der Waals surface area contributed by atoms with E-state index < -0.39 is 0 Å². The normalized spacial score (nSPS) is 10.5. The first kappa shape index (κ1) is 11.9. The molecule has 0 aromatic heterocycles. The molecule has 1 N–H and O–H groups in total. The molecule has 17 heavy (non-hydrogen) atoms. The first-order chi connectivity index (χ1) is 8.33. The zero-order chi connectivity index (χ0) is 12.1. The van der Waals surface area contributed by atoms with Crippen molar-refractivity contribution in [3.63, 3.8) is 0 Å². The number of benzene rings is 2. The molecule has 0 aliphatic heterocycles. The summed E-state index contributed by atoms with van der Waals surface area (Å²) >= 11 is 0. The highest BCUT2D eigenvalue weighted by molar-refractivity contribution is 5.63. The van der Waals surface area contributed by atoms with Gasteiger partial charge in [-0.15, -0.1) is 0 Å². The third-order valence-corrected chi connectivity index (χ3v) is 3.03. The second-order valence-corrected chi connectivity index (χ2v) is 4.28. The molecule has 1 heteroatoms. The molecular formula is C16H19N. The molecule has 0 unspecified atom stereocenters. The Balaban J connectivity index is 2.20. The molecule has 0 amide bonds. The first-order valence-electron chi connectivity index (χ1n) is 6.16. The Hall–Kier alpha value is -1.60. The van der Waals surface area contributed by atoms with Crippen LogP contribution in [0.1, 0.15) is 18.1 Å². The molecule has 88 valence electrons. The smallest absolute Gasteiger partial charge is 0.0202 e. The van der Waals surface area contributed by atoms with Gasteiger partial charge in [-0.2, -0.15) is 0 Å². The van der Waals surface area contributed by atoms with Gasteiger partial charge in [-0.25, -0.2) is 0 Å².